The average molecular weight is 279 g/mol. The first-order valence-corrected chi connectivity index (χ1v) is 7.44. The zero-order valence-electron chi connectivity index (χ0n) is 12.5. The Bertz CT molecular complexity index is 416. The molecule has 1 heterocycles. The highest BCUT2D eigenvalue weighted by Crippen LogP contribution is 2.30. The van der Waals surface area contributed by atoms with Crippen molar-refractivity contribution in [2.75, 3.05) is 26.8 Å². The molecule has 4 nitrogen and oxygen atoms in total. The Kier molecular flexibility index (Phi) is 5.68. The van der Waals surface area contributed by atoms with Crippen molar-refractivity contribution in [2.24, 2.45) is 0 Å². The minimum atomic E-state index is 0.255. The number of para-hydroxylation sites is 1. The van der Waals surface area contributed by atoms with Gasteiger partial charge >= 0.3 is 0 Å². The van der Waals surface area contributed by atoms with Crippen molar-refractivity contribution in [1.29, 1.82) is 0 Å². The number of phenols is 1. The van der Waals surface area contributed by atoms with Gasteiger partial charge in [-0.1, -0.05) is 12.1 Å². The average Bonchev–Trinajstić information content (AvgIpc) is 2.44. The molecule has 1 N–H and O–H groups in total. The lowest BCUT2D eigenvalue weighted by molar-refractivity contribution is -0.00268. The van der Waals surface area contributed by atoms with Crippen LogP contribution in [0, 0.1) is 0 Å². The van der Waals surface area contributed by atoms with Gasteiger partial charge in [-0.3, -0.25) is 4.90 Å². The number of hydrogen-bond donors (Lipinski definition) is 1. The molecule has 20 heavy (non-hydrogen) atoms. The predicted molar refractivity (Wildman–Crippen MR) is 79.2 cm³/mol. The first-order valence-electron chi connectivity index (χ1n) is 7.44. The van der Waals surface area contributed by atoms with Gasteiger partial charge in [0.25, 0.3) is 0 Å². The maximum absolute atomic E-state index is 10.2. The van der Waals surface area contributed by atoms with Crippen LogP contribution in [-0.4, -0.2) is 42.9 Å². The van der Waals surface area contributed by atoms with Gasteiger partial charge in [-0.2, -0.15) is 0 Å². The summed E-state index contributed by atoms with van der Waals surface area (Å²) in [4.78, 5) is 2.20. The van der Waals surface area contributed by atoms with E-state index in [1.807, 2.05) is 19.1 Å². The summed E-state index contributed by atoms with van der Waals surface area (Å²) < 4.78 is 11.2. The van der Waals surface area contributed by atoms with Crippen LogP contribution in [0.3, 0.4) is 0 Å². The third-order valence-corrected chi connectivity index (χ3v) is 3.61. The van der Waals surface area contributed by atoms with Crippen LogP contribution in [0.5, 0.6) is 11.5 Å². The fraction of sp³-hybridized carbons (Fsp3) is 0.625. The van der Waals surface area contributed by atoms with Crippen LogP contribution in [0.15, 0.2) is 18.2 Å². The van der Waals surface area contributed by atoms with Crippen molar-refractivity contribution in [3.05, 3.63) is 23.8 Å². The number of rotatable bonds is 6. The molecule has 1 aliphatic rings. The molecule has 0 spiro atoms. The number of aromatic hydroxyl groups is 1. The zero-order chi connectivity index (χ0) is 14.4. The second-order valence-electron chi connectivity index (χ2n) is 5.38. The minimum absolute atomic E-state index is 0.255. The van der Waals surface area contributed by atoms with Crippen molar-refractivity contribution in [2.45, 2.75) is 38.8 Å². The van der Waals surface area contributed by atoms with Crippen molar-refractivity contribution in [3.8, 4) is 11.5 Å². The van der Waals surface area contributed by atoms with Crippen molar-refractivity contribution in [1.82, 2.24) is 4.90 Å². The van der Waals surface area contributed by atoms with Crippen LogP contribution in [0.4, 0.5) is 0 Å². The molecule has 1 fully saturated rings. The summed E-state index contributed by atoms with van der Waals surface area (Å²) in [6.07, 6.45) is 3.89. The summed E-state index contributed by atoms with van der Waals surface area (Å²) >= 11 is 0. The first-order chi connectivity index (χ1) is 9.70. The highest BCUT2D eigenvalue weighted by Gasteiger charge is 2.17. The van der Waals surface area contributed by atoms with Gasteiger partial charge in [0, 0.05) is 25.3 Å². The molecule has 1 saturated heterocycles. The van der Waals surface area contributed by atoms with Crippen LogP contribution in [0.2, 0.25) is 0 Å². The van der Waals surface area contributed by atoms with Crippen LogP contribution < -0.4 is 4.74 Å². The maximum Gasteiger partial charge on any atom is 0.162 e. The van der Waals surface area contributed by atoms with Crippen LogP contribution >= 0.6 is 0 Å². The third-order valence-electron chi connectivity index (χ3n) is 3.61. The van der Waals surface area contributed by atoms with E-state index in [0.29, 0.717) is 25.0 Å². The number of likely N-dealkylation sites (N-methyl/N-ethyl adjacent to an activating group) is 1. The molecule has 1 atom stereocenters. The van der Waals surface area contributed by atoms with Gasteiger partial charge in [-0.15, -0.1) is 0 Å². The van der Waals surface area contributed by atoms with Crippen molar-refractivity contribution >= 4 is 0 Å². The van der Waals surface area contributed by atoms with Gasteiger partial charge in [0.2, 0.25) is 0 Å². The molecule has 1 aromatic rings. The summed E-state index contributed by atoms with van der Waals surface area (Å²) in [5.74, 6) is 0.818. The summed E-state index contributed by atoms with van der Waals surface area (Å²) in [5, 5.41) is 10.2. The SMILES string of the molecule is CCOc1cccc(CN(C)CC2CCCCO2)c1O. The maximum atomic E-state index is 10.2. The quantitative estimate of drug-likeness (QED) is 0.869. The third kappa shape index (κ3) is 4.12. The van der Waals surface area contributed by atoms with E-state index in [-0.39, 0.29) is 5.75 Å². The highest BCUT2D eigenvalue weighted by atomic mass is 16.5. The van der Waals surface area contributed by atoms with E-state index in [4.69, 9.17) is 9.47 Å². The smallest absolute Gasteiger partial charge is 0.162 e. The lowest BCUT2D eigenvalue weighted by Crippen LogP contribution is -2.33. The Morgan fingerprint density at radius 3 is 2.95 bits per heavy atom. The molecule has 0 radical (unpaired) electrons. The number of nitrogens with zero attached hydrogens (tertiary/aromatic N) is 1. The van der Waals surface area contributed by atoms with E-state index in [0.717, 1.165) is 25.1 Å². The second kappa shape index (κ2) is 7.50. The topological polar surface area (TPSA) is 41.9 Å². The van der Waals surface area contributed by atoms with E-state index in [1.54, 1.807) is 6.07 Å². The van der Waals surface area contributed by atoms with Crippen LogP contribution in [0.1, 0.15) is 31.7 Å². The molecule has 0 amide bonds. The van der Waals surface area contributed by atoms with Gasteiger partial charge in [-0.05, 0) is 39.3 Å². The van der Waals surface area contributed by atoms with E-state index >= 15 is 0 Å². The summed E-state index contributed by atoms with van der Waals surface area (Å²) in [5.41, 5.74) is 0.897. The number of hydrogen-bond acceptors (Lipinski definition) is 4. The van der Waals surface area contributed by atoms with E-state index in [9.17, 15) is 5.11 Å². The number of benzene rings is 1. The predicted octanol–water partition coefficient (Wildman–Crippen LogP) is 2.79. The fourth-order valence-electron chi connectivity index (χ4n) is 2.62. The van der Waals surface area contributed by atoms with E-state index in [2.05, 4.69) is 11.9 Å². The van der Waals surface area contributed by atoms with Gasteiger partial charge in [-0.25, -0.2) is 0 Å². The Balaban J connectivity index is 1.93. The fourth-order valence-corrected chi connectivity index (χ4v) is 2.62. The molecule has 0 aromatic heterocycles. The van der Waals surface area contributed by atoms with Gasteiger partial charge in [0.05, 0.1) is 12.7 Å². The molecule has 1 aromatic carbocycles. The van der Waals surface area contributed by atoms with Crippen LogP contribution in [0.25, 0.3) is 0 Å². The monoisotopic (exact) mass is 279 g/mol. The lowest BCUT2D eigenvalue weighted by Gasteiger charge is -2.27. The Morgan fingerprint density at radius 2 is 2.25 bits per heavy atom. The molecule has 0 saturated carbocycles. The molecule has 2 rings (SSSR count). The van der Waals surface area contributed by atoms with E-state index in [1.165, 1.54) is 12.8 Å². The molecule has 112 valence electrons. The molecule has 4 heteroatoms. The molecule has 0 bridgehead atoms. The lowest BCUT2D eigenvalue weighted by atomic mass is 10.1. The number of ether oxygens (including phenoxy) is 2. The molecular formula is C16H25NO3. The van der Waals surface area contributed by atoms with Gasteiger partial charge in [0.1, 0.15) is 0 Å². The molecule has 1 aliphatic heterocycles. The minimum Gasteiger partial charge on any atom is -0.504 e. The molecule has 0 aliphatic carbocycles. The Morgan fingerprint density at radius 1 is 1.40 bits per heavy atom. The van der Waals surface area contributed by atoms with Crippen molar-refractivity contribution in [3.63, 3.8) is 0 Å². The molecule has 1 unspecified atom stereocenters. The Labute approximate surface area is 121 Å². The largest absolute Gasteiger partial charge is 0.504 e. The van der Waals surface area contributed by atoms with E-state index < -0.39 is 0 Å². The number of phenolic OH excluding ortho intramolecular Hbond substituents is 1. The summed E-state index contributed by atoms with van der Waals surface area (Å²) in [6.45, 7) is 4.95. The normalized spacial score (nSPS) is 19.2. The van der Waals surface area contributed by atoms with Crippen molar-refractivity contribution < 1.29 is 14.6 Å². The Hall–Kier alpha value is -1.26. The first kappa shape index (κ1) is 15.1. The van der Waals surface area contributed by atoms with Crippen LogP contribution in [-0.2, 0) is 11.3 Å². The summed E-state index contributed by atoms with van der Waals surface area (Å²) in [7, 11) is 2.06. The summed E-state index contributed by atoms with van der Waals surface area (Å²) in [6, 6.07) is 5.66. The van der Waals surface area contributed by atoms with Gasteiger partial charge < -0.3 is 14.6 Å². The van der Waals surface area contributed by atoms with Gasteiger partial charge in [0.15, 0.2) is 11.5 Å². The molecular weight excluding hydrogens is 254 g/mol. The highest BCUT2D eigenvalue weighted by molar-refractivity contribution is 5.45. The second-order valence-corrected chi connectivity index (χ2v) is 5.38. The zero-order valence-corrected chi connectivity index (χ0v) is 12.5. The standard InChI is InChI=1S/C16H25NO3/c1-3-19-15-9-6-7-13(16(15)18)11-17(2)12-14-8-4-5-10-20-14/h6-7,9,14,18H,3-5,8,10-12H2,1-2H3.